The Kier molecular flexibility index (Phi) is 12.4. The van der Waals surface area contributed by atoms with Gasteiger partial charge in [0.1, 0.15) is 0 Å². The fourth-order valence-corrected chi connectivity index (χ4v) is 6.13. The predicted molar refractivity (Wildman–Crippen MR) is 145 cm³/mol. The van der Waals surface area contributed by atoms with Crippen molar-refractivity contribution in [2.75, 3.05) is 36.9 Å². The molecule has 16 heteroatoms. The highest BCUT2D eigenvalue weighted by Gasteiger charge is 2.39. The van der Waals surface area contributed by atoms with Crippen LogP contribution in [-0.2, 0) is 39.5 Å². The Hall–Kier alpha value is -1.58. The molecule has 0 spiro atoms. The zero-order valence-electron chi connectivity index (χ0n) is 22.0. The van der Waals surface area contributed by atoms with Crippen molar-refractivity contribution in [3.05, 3.63) is 23.8 Å². The molecule has 1 amide bonds. The Morgan fingerprint density at radius 2 is 1.74 bits per heavy atom. The molecule has 0 saturated carbocycles. The van der Waals surface area contributed by atoms with Crippen molar-refractivity contribution in [3.8, 4) is 0 Å². The first kappa shape index (κ1) is 33.6. The van der Waals surface area contributed by atoms with Gasteiger partial charge in [-0.25, -0.2) is 4.57 Å². The molecule has 5 N–H and O–H groups in total. The van der Waals surface area contributed by atoms with Gasteiger partial charge in [0.05, 0.1) is 17.3 Å². The molecular weight excluding hydrogens is 575 g/mol. The largest absolute Gasteiger partial charge is 0.469 e. The molecule has 1 aliphatic rings. The van der Waals surface area contributed by atoms with Crippen LogP contribution in [0.1, 0.15) is 70.3 Å². The average Bonchev–Trinajstić information content (AvgIpc) is 3.08. The smallest absolute Gasteiger partial charge is 0.370 e. The molecule has 13 nitrogen and oxygen atoms in total. The Morgan fingerprint density at radius 1 is 1.05 bits per heavy atom. The molecule has 224 valence electrons. The summed E-state index contributed by atoms with van der Waals surface area (Å²) >= 11 is 0. The Labute approximate surface area is 230 Å². The highest BCUT2D eigenvalue weighted by molar-refractivity contribution is 7.86. The maximum Gasteiger partial charge on any atom is 0.469 e. The van der Waals surface area contributed by atoms with E-state index in [1.807, 2.05) is 11.8 Å². The molecule has 2 rings (SSSR count). The number of hydrogen-bond acceptors (Lipinski definition) is 8. The second-order valence-corrected chi connectivity index (χ2v) is 14.3. The fraction of sp³-hybridized carbons (Fsp3) is 0.696. The van der Waals surface area contributed by atoms with Crippen LogP contribution < -0.4 is 10.2 Å². The van der Waals surface area contributed by atoms with Crippen molar-refractivity contribution >= 4 is 39.7 Å². The first-order chi connectivity index (χ1) is 18.0. The molecule has 0 radical (unpaired) electrons. The Balaban J connectivity index is 1.82. The van der Waals surface area contributed by atoms with Crippen LogP contribution in [0.4, 0.5) is 5.69 Å². The van der Waals surface area contributed by atoms with Crippen LogP contribution in [0.25, 0.3) is 0 Å². The van der Waals surface area contributed by atoms with Gasteiger partial charge in [-0.05, 0) is 55.9 Å². The number of amides is 1. The van der Waals surface area contributed by atoms with Crippen molar-refractivity contribution in [1.29, 1.82) is 0 Å². The van der Waals surface area contributed by atoms with E-state index in [1.54, 1.807) is 6.07 Å². The molecule has 0 aliphatic carbocycles. The average molecular weight is 615 g/mol. The van der Waals surface area contributed by atoms with Gasteiger partial charge in [-0.2, -0.15) is 16.8 Å². The lowest BCUT2D eigenvalue weighted by molar-refractivity contribution is -0.121. The molecule has 39 heavy (non-hydrogen) atoms. The van der Waals surface area contributed by atoms with Gasteiger partial charge in [-0.1, -0.05) is 26.2 Å². The van der Waals surface area contributed by atoms with Gasteiger partial charge >= 0.3 is 7.82 Å². The van der Waals surface area contributed by atoms with E-state index in [0.717, 1.165) is 30.5 Å². The number of fused-ring (bicyclic) bond motifs is 1. The van der Waals surface area contributed by atoms with Crippen molar-refractivity contribution < 1.29 is 49.6 Å². The van der Waals surface area contributed by atoms with E-state index in [-0.39, 0.29) is 23.8 Å². The van der Waals surface area contributed by atoms with Crippen LogP contribution in [0.15, 0.2) is 23.1 Å². The van der Waals surface area contributed by atoms with Crippen molar-refractivity contribution in [2.45, 2.75) is 75.0 Å². The van der Waals surface area contributed by atoms with E-state index in [4.69, 9.17) is 14.3 Å². The van der Waals surface area contributed by atoms with Crippen LogP contribution in [-0.4, -0.2) is 73.6 Å². The van der Waals surface area contributed by atoms with E-state index in [2.05, 4.69) is 9.84 Å². The molecule has 1 aliphatic heterocycles. The lowest BCUT2D eigenvalue weighted by Crippen LogP contribution is -2.32. The zero-order valence-corrected chi connectivity index (χ0v) is 24.5. The molecule has 1 heterocycles. The first-order valence-corrected chi connectivity index (χ1v) is 17.4. The second kappa shape index (κ2) is 14.4. The third-order valence-corrected chi connectivity index (χ3v) is 8.84. The van der Waals surface area contributed by atoms with Gasteiger partial charge in [0.2, 0.25) is 5.91 Å². The third kappa shape index (κ3) is 12.2. The summed E-state index contributed by atoms with van der Waals surface area (Å²) in [5, 5.41) is 2.85. The summed E-state index contributed by atoms with van der Waals surface area (Å²) in [5.74, 6) is -0.476. The predicted octanol–water partition coefficient (Wildman–Crippen LogP) is 2.64. The summed E-state index contributed by atoms with van der Waals surface area (Å²) in [7, 11) is -12.9. The summed E-state index contributed by atoms with van der Waals surface area (Å²) < 4.78 is 79.2. The van der Waals surface area contributed by atoms with Gasteiger partial charge in [0.25, 0.3) is 20.2 Å². The number of unbranched alkanes of at least 4 members (excludes halogenated alkanes) is 4. The summed E-state index contributed by atoms with van der Waals surface area (Å²) in [6.07, 6.45) is 5.20. The summed E-state index contributed by atoms with van der Waals surface area (Å²) in [5.41, 5.74) is 0.972. The Morgan fingerprint density at radius 3 is 2.38 bits per heavy atom. The number of carbonyl (C=O) groups is 1. The molecule has 1 aromatic carbocycles. The van der Waals surface area contributed by atoms with Crippen LogP contribution in [0.2, 0.25) is 0 Å². The minimum Gasteiger partial charge on any atom is -0.370 e. The van der Waals surface area contributed by atoms with Gasteiger partial charge in [0.15, 0.2) is 0 Å². The standard InChI is InChI=1S/C23H39N2O11PS2/c1-23(12-5-4-9-22(26)24-13-6-2-3-7-15-36-37(27,28)29)18-25(14-8-16-38(30,31)32)21-11-10-19(17-20(21)23)39(33,34)35/h10-11,17H,2-9,12-16,18H2,1H3,(H,24,26)(H2,27,28,29)(H,30,31,32)(H,33,34,35). The van der Waals surface area contributed by atoms with Crippen LogP contribution in [0.3, 0.4) is 0 Å². The molecular formula is C23H39N2O11PS2. The Bertz CT molecular complexity index is 1230. The number of anilines is 1. The zero-order chi connectivity index (χ0) is 29.3. The van der Waals surface area contributed by atoms with Crippen molar-refractivity contribution in [3.63, 3.8) is 0 Å². The highest BCUT2D eigenvalue weighted by Crippen LogP contribution is 2.44. The normalized spacial score (nSPS) is 17.8. The molecule has 0 aromatic heterocycles. The lowest BCUT2D eigenvalue weighted by atomic mass is 9.80. The fourth-order valence-electron chi connectivity index (χ4n) is 4.76. The number of carbonyl (C=O) groups excluding carboxylic acids is 1. The lowest BCUT2D eigenvalue weighted by Gasteiger charge is -2.26. The topological polar surface area (TPSA) is 208 Å². The van der Waals surface area contributed by atoms with E-state index < -0.39 is 39.2 Å². The molecule has 1 aromatic rings. The molecule has 1 unspecified atom stereocenters. The number of nitrogens with zero attached hydrogens (tertiary/aromatic N) is 1. The SMILES string of the molecule is CC1(CCCCC(=O)NCCCCCCOP(=O)(O)O)CN(CCCS(=O)(=O)O)c2ccc(S(=O)(=O)O)cc21. The van der Waals surface area contributed by atoms with Crippen LogP contribution >= 0.6 is 7.82 Å². The molecule has 1 atom stereocenters. The third-order valence-electron chi connectivity index (χ3n) is 6.66. The minimum absolute atomic E-state index is 0.0144. The number of rotatable bonds is 18. The number of hydrogen-bond donors (Lipinski definition) is 5. The van der Waals surface area contributed by atoms with E-state index in [9.17, 15) is 30.7 Å². The minimum atomic E-state index is -4.43. The van der Waals surface area contributed by atoms with Gasteiger partial charge < -0.3 is 20.0 Å². The summed E-state index contributed by atoms with van der Waals surface area (Å²) in [6.45, 7) is 3.29. The number of phosphoric acid groups is 1. The van der Waals surface area contributed by atoms with Crippen LogP contribution in [0, 0.1) is 0 Å². The molecule has 0 bridgehead atoms. The molecule has 0 fully saturated rings. The maximum absolute atomic E-state index is 12.2. The van der Waals surface area contributed by atoms with E-state index in [0.29, 0.717) is 51.7 Å². The van der Waals surface area contributed by atoms with Gasteiger partial charge in [0, 0.05) is 37.2 Å². The van der Waals surface area contributed by atoms with E-state index in [1.165, 1.54) is 12.1 Å². The monoisotopic (exact) mass is 614 g/mol. The van der Waals surface area contributed by atoms with Crippen molar-refractivity contribution in [1.82, 2.24) is 5.32 Å². The quantitative estimate of drug-likeness (QED) is 0.0919. The summed E-state index contributed by atoms with van der Waals surface area (Å²) in [4.78, 5) is 31.1. The number of nitrogens with one attached hydrogen (secondary N) is 1. The second-order valence-electron chi connectivity index (χ2n) is 10.1. The summed E-state index contributed by atoms with van der Waals surface area (Å²) in [6, 6.07) is 4.34. The van der Waals surface area contributed by atoms with E-state index >= 15 is 0 Å². The van der Waals surface area contributed by atoms with Crippen LogP contribution in [0.5, 0.6) is 0 Å². The van der Waals surface area contributed by atoms with Gasteiger partial charge in [-0.3, -0.25) is 18.4 Å². The number of phosphoric ester groups is 1. The van der Waals surface area contributed by atoms with Crippen molar-refractivity contribution in [2.24, 2.45) is 0 Å². The number of benzene rings is 1. The first-order valence-electron chi connectivity index (χ1n) is 12.8. The van der Waals surface area contributed by atoms with Gasteiger partial charge in [-0.15, -0.1) is 0 Å². The molecule has 0 saturated heterocycles. The highest BCUT2D eigenvalue weighted by atomic mass is 32.2. The maximum atomic E-state index is 12.2.